The van der Waals surface area contributed by atoms with E-state index < -0.39 is 0 Å². The number of amides is 1. The fraction of sp³-hybridized carbons (Fsp3) is 0.261. The minimum absolute atomic E-state index is 0.109. The number of carbonyl (C=O) groups excluding carboxylic acids is 1. The van der Waals surface area contributed by atoms with Crippen LogP contribution in [-0.4, -0.2) is 53.9 Å². The van der Waals surface area contributed by atoms with Gasteiger partial charge in [0.1, 0.15) is 29.6 Å². The van der Waals surface area contributed by atoms with Gasteiger partial charge in [0.15, 0.2) is 0 Å². The fourth-order valence-corrected chi connectivity index (χ4v) is 3.67. The molecular formula is C23H22FN7O2. The summed E-state index contributed by atoms with van der Waals surface area (Å²) >= 11 is 0. The molecule has 0 spiro atoms. The largest absolute Gasteiger partial charge is 0.457 e. The molecule has 168 valence electrons. The number of rotatable bonds is 8. The molecule has 0 bridgehead atoms. The van der Waals surface area contributed by atoms with E-state index in [0.717, 1.165) is 11.3 Å². The number of aromatic nitrogens is 6. The number of benzene rings is 2. The number of carbonyl (C=O) groups is 1. The van der Waals surface area contributed by atoms with Crippen molar-refractivity contribution < 1.29 is 13.9 Å². The number of aryl methyl sites for hydroxylation is 1. The minimum Gasteiger partial charge on any atom is -0.457 e. The lowest BCUT2D eigenvalue weighted by atomic mass is 10.1. The topological polar surface area (TPSA) is 91.0 Å². The van der Waals surface area contributed by atoms with Crippen LogP contribution in [0.1, 0.15) is 23.7 Å². The van der Waals surface area contributed by atoms with Crippen LogP contribution in [0.2, 0.25) is 0 Å². The summed E-state index contributed by atoms with van der Waals surface area (Å²) in [6.45, 7) is 1.71. The summed E-state index contributed by atoms with van der Waals surface area (Å²) in [5, 5.41) is 16.5. The molecule has 33 heavy (non-hydrogen) atoms. The first-order valence-corrected chi connectivity index (χ1v) is 10.7. The van der Waals surface area contributed by atoms with Gasteiger partial charge in [-0.15, -0.1) is 5.10 Å². The Labute approximate surface area is 189 Å². The molecule has 0 unspecified atom stereocenters. The molecule has 10 heteroatoms. The molecule has 0 aliphatic carbocycles. The van der Waals surface area contributed by atoms with Crippen LogP contribution in [0, 0.1) is 5.82 Å². The van der Waals surface area contributed by atoms with Gasteiger partial charge in [0.25, 0.3) is 0 Å². The Balaban J connectivity index is 1.09. The normalized spacial score (nSPS) is 13.7. The number of hydrogen-bond acceptors (Lipinski definition) is 6. The smallest absolute Gasteiger partial charge is 0.223 e. The lowest BCUT2D eigenvalue weighted by molar-refractivity contribution is -0.137. The van der Waals surface area contributed by atoms with Gasteiger partial charge in [0, 0.05) is 19.5 Å². The Morgan fingerprint density at radius 2 is 1.85 bits per heavy atom. The van der Waals surface area contributed by atoms with Gasteiger partial charge in [-0.3, -0.25) is 4.79 Å². The molecule has 0 saturated carbocycles. The lowest BCUT2D eigenvalue weighted by Gasteiger charge is -2.39. The number of halogens is 1. The number of hydrogen-bond donors (Lipinski definition) is 0. The van der Waals surface area contributed by atoms with Crippen LogP contribution in [-0.2, 0) is 17.8 Å². The van der Waals surface area contributed by atoms with E-state index in [-0.39, 0.29) is 17.8 Å². The van der Waals surface area contributed by atoms with E-state index in [1.807, 2.05) is 35.4 Å². The molecule has 0 N–H and O–H groups in total. The molecule has 2 aromatic heterocycles. The first-order chi connectivity index (χ1) is 16.1. The summed E-state index contributed by atoms with van der Waals surface area (Å²) in [6.07, 6.45) is 6.15. The van der Waals surface area contributed by atoms with Crippen molar-refractivity contribution in [3.63, 3.8) is 0 Å². The molecule has 1 amide bonds. The summed E-state index contributed by atoms with van der Waals surface area (Å²) in [4.78, 5) is 16.0. The highest BCUT2D eigenvalue weighted by Crippen LogP contribution is 2.24. The maximum atomic E-state index is 13.1. The standard InChI is InChI=1S/C23H22FN7O2/c24-18-5-7-21(8-6-18)33-22-3-1-2-17(12-22)4-9-23(32)29-15-20(16-29)30-13-19(27-28-30)14-31-25-10-11-26-31/h1-3,5-8,10-13,20H,4,9,14-16H2. The molecule has 5 rings (SSSR count). The second-order valence-electron chi connectivity index (χ2n) is 7.91. The van der Waals surface area contributed by atoms with E-state index in [4.69, 9.17) is 4.74 Å². The van der Waals surface area contributed by atoms with Gasteiger partial charge in [-0.1, -0.05) is 17.3 Å². The third-order valence-electron chi connectivity index (χ3n) is 5.49. The molecule has 0 radical (unpaired) electrons. The quantitative estimate of drug-likeness (QED) is 0.413. The summed E-state index contributed by atoms with van der Waals surface area (Å²) < 4.78 is 20.6. The fourth-order valence-electron chi connectivity index (χ4n) is 3.67. The Morgan fingerprint density at radius 3 is 2.64 bits per heavy atom. The van der Waals surface area contributed by atoms with Crippen molar-refractivity contribution in [3.05, 3.63) is 84.2 Å². The van der Waals surface area contributed by atoms with Gasteiger partial charge in [-0.05, 0) is 48.4 Å². The predicted molar refractivity (Wildman–Crippen MR) is 116 cm³/mol. The molecule has 1 aliphatic rings. The molecular weight excluding hydrogens is 425 g/mol. The van der Waals surface area contributed by atoms with Crippen LogP contribution in [0.15, 0.2) is 67.1 Å². The average Bonchev–Trinajstić information content (AvgIpc) is 3.46. The molecule has 2 aromatic carbocycles. The van der Waals surface area contributed by atoms with Crippen molar-refractivity contribution in [2.75, 3.05) is 13.1 Å². The van der Waals surface area contributed by atoms with Gasteiger partial charge in [0.2, 0.25) is 5.91 Å². The number of nitrogens with zero attached hydrogens (tertiary/aromatic N) is 7. The van der Waals surface area contributed by atoms with Crippen LogP contribution < -0.4 is 4.74 Å². The highest BCUT2D eigenvalue weighted by molar-refractivity contribution is 5.77. The van der Waals surface area contributed by atoms with E-state index in [1.165, 1.54) is 12.1 Å². The second kappa shape index (κ2) is 9.19. The SMILES string of the molecule is O=C(CCc1cccc(Oc2ccc(F)cc2)c1)N1CC(n2cc(Cn3nccn3)nn2)C1. The van der Waals surface area contributed by atoms with E-state index in [9.17, 15) is 9.18 Å². The van der Waals surface area contributed by atoms with Crippen LogP contribution in [0.4, 0.5) is 4.39 Å². The van der Waals surface area contributed by atoms with Crippen LogP contribution in [0.3, 0.4) is 0 Å². The van der Waals surface area contributed by atoms with Crippen molar-refractivity contribution in [1.29, 1.82) is 0 Å². The lowest BCUT2D eigenvalue weighted by Crippen LogP contribution is -2.51. The second-order valence-corrected chi connectivity index (χ2v) is 7.91. The number of ether oxygens (including phenoxy) is 1. The molecule has 1 fully saturated rings. The highest BCUT2D eigenvalue weighted by atomic mass is 19.1. The third kappa shape index (κ3) is 5.05. The predicted octanol–water partition coefficient (Wildman–Crippen LogP) is 2.87. The molecule has 4 aromatic rings. The third-order valence-corrected chi connectivity index (χ3v) is 5.49. The Bertz CT molecular complexity index is 1220. The van der Waals surface area contributed by atoms with Crippen molar-refractivity contribution in [3.8, 4) is 11.5 Å². The summed E-state index contributed by atoms with van der Waals surface area (Å²) in [5.41, 5.74) is 1.78. The van der Waals surface area contributed by atoms with Crippen molar-refractivity contribution in [2.45, 2.75) is 25.4 Å². The van der Waals surface area contributed by atoms with Gasteiger partial charge < -0.3 is 9.64 Å². The maximum absolute atomic E-state index is 13.1. The van der Waals surface area contributed by atoms with Gasteiger partial charge in [-0.2, -0.15) is 15.0 Å². The summed E-state index contributed by atoms with van der Waals surface area (Å²) in [6, 6.07) is 13.6. The first kappa shape index (κ1) is 20.8. The minimum atomic E-state index is -0.307. The summed E-state index contributed by atoms with van der Waals surface area (Å²) in [7, 11) is 0. The number of likely N-dealkylation sites (tertiary alicyclic amines) is 1. The molecule has 1 saturated heterocycles. The molecule has 9 nitrogen and oxygen atoms in total. The monoisotopic (exact) mass is 447 g/mol. The molecule has 0 atom stereocenters. The van der Waals surface area contributed by atoms with E-state index in [1.54, 1.807) is 34.0 Å². The van der Waals surface area contributed by atoms with Crippen LogP contribution in [0.5, 0.6) is 11.5 Å². The zero-order valence-corrected chi connectivity index (χ0v) is 17.8. The zero-order valence-electron chi connectivity index (χ0n) is 17.8. The maximum Gasteiger partial charge on any atom is 0.223 e. The highest BCUT2D eigenvalue weighted by Gasteiger charge is 2.32. The van der Waals surface area contributed by atoms with E-state index in [2.05, 4.69) is 20.5 Å². The molecule has 3 heterocycles. The van der Waals surface area contributed by atoms with E-state index in [0.29, 0.717) is 44.0 Å². The Hall–Kier alpha value is -4.08. The van der Waals surface area contributed by atoms with Gasteiger partial charge in [0.05, 0.1) is 24.6 Å². The van der Waals surface area contributed by atoms with Gasteiger partial charge >= 0.3 is 0 Å². The molecule has 1 aliphatic heterocycles. The average molecular weight is 447 g/mol. The summed E-state index contributed by atoms with van der Waals surface area (Å²) in [5.74, 6) is 1.02. The zero-order chi connectivity index (χ0) is 22.6. The van der Waals surface area contributed by atoms with Crippen molar-refractivity contribution in [2.24, 2.45) is 0 Å². The van der Waals surface area contributed by atoms with E-state index >= 15 is 0 Å². The Kier molecular flexibility index (Phi) is 5.79. The van der Waals surface area contributed by atoms with Gasteiger partial charge in [-0.25, -0.2) is 9.07 Å². The van der Waals surface area contributed by atoms with Crippen molar-refractivity contribution in [1.82, 2.24) is 34.9 Å². The Morgan fingerprint density at radius 1 is 1.06 bits per heavy atom. The van der Waals surface area contributed by atoms with Crippen LogP contribution in [0.25, 0.3) is 0 Å². The van der Waals surface area contributed by atoms with Crippen LogP contribution >= 0.6 is 0 Å². The van der Waals surface area contributed by atoms with Crippen molar-refractivity contribution >= 4 is 5.91 Å². The first-order valence-electron chi connectivity index (χ1n) is 10.7.